The van der Waals surface area contributed by atoms with Crippen molar-refractivity contribution in [2.24, 2.45) is 0 Å². The van der Waals surface area contributed by atoms with E-state index in [1.54, 1.807) is 32.0 Å². The maximum Gasteiger partial charge on any atom is 0.340 e. The third-order valence-corrected chi connectivity index (χ3v) is 4.34. The molecule has 0 aliphatic carbocycles. The van der Waals surface area contributed by atoms with Crippen LogP contribution in [0, 0.1) is 13.8 Å². The molecule has 0 radical (unpaired) electrons. The Labute approximate surface area is 168 Å². The number of ether oxygens (including phenoxy) is 1. The Hall–Kier alpha value is -2.93. The molecule has 0 atom stereocenters. The molecule has 8 heteroatoms. The molecule has 0 saturated carbocycles. The smallest absolute Gasteiger partial charge is 0.340 e. The molecule has 7 nitrogen and oxygen atoms in total. The van der Waals surface area contributed by atoms with Crippen molar-refractivity contribution in [1.82, 2.24) is 10.3 Å². The largest absolute Gasteiger partial charge is 0.465 e. The molecule has 28 heavy (non-hydrogen) atoms. The lowest BCUT2D eigenvalue weighted by molar-refractivity contribution is 0.0601. The summed E-state index contributed by atoms with van der Waals surface area (Å²) in [5.41, 5.74) is 1.55. The van der Waals surface area contributed by atoms with Crippen LogP contribution in [-0.2, 0) is 4.74 Å². The monoisotopic (exact) mass is 403 g/mol. The van der Waals surface area contributed by atoms with Crippen LogP contribution in [0.5, 0.6) is 0 Å². The van der Waals surface area contributed by atoms with Gasteiger partial charge < -0.3 is 15.4 Å². The molecule has 0 fully saturated rings. The molecule has 2 rings (SSSR count). The van der Waals surface area contributed by atoms with Gasteiger partial charge in [-0.2, -0.15) is 0 Å². The molecular weight excluding hydrogens is 382 g/mol. The highest BCUT2D eigenvalue weighted by Crippen LogP contribution is 2.30. The van der Waals surface area contributed by atoms with Crippen molar-refractivity contribution in [3.63, 3.8) is 0 Å². The molecule has 2 aromatic rings. The third kappa shape index (κ3) is 4.67. The van der Waals surface area contributed by atoms with E-state index in [9.17, 15) is 14.4 Å². The predicted molar refractivity (Wildman–Crippen MR) is 107 cm³/mol. The van der Waals surface area contributed by atoms with Gasteiger partial charge in [-0.05, 0) is 44.0 Å². The van der Waals surface area contributed by atoms with Crippen molar-refractivity contribution in [3.8, 4) is 0 Å². The standard InChI is InChI=1S/C20H22ClN3O4/c1-5-10-22-19(26)16-13(8-7-12(3)23-16)18(25)24-17-14(21)9-6-11(2)15(17)20(27)28-4/h6-9H,5,10H2,1-4H3,(H,22,26)(H,24,25). The number of hydrogen-bond donors (Lipinski definition) is 2. The first-order valence-electron chi connectivity index (χ1n) is 8.74. The molecule has 0 saturated heterocycles. The normalized spacial score (nSPS) is 10.3. The molecule has 0 spiro atoms. The lowest BCUT2D eigenvalue weighted by Crippen LogP contribution is -2.29. The Morgan fingerprint density at radius 3 is 2.46 bits per heavy atom. The fourth-order valence-electron chi connectivity index (χ4n) is 2.58. The summed E-state index contributed by atoms with van der Waals surface area (Å²) in [6.45, 7) is 5.82. The minimum Gasteiger partial charge on any atom is -0.465 e. The van der Waals surface area contributed by atoms with E-state index >= 15 is 0 Å². The summed E-state index contributed by atoms with van der Waals surface area (Å²) in [6.07, 6.45) is 0.750. The number of carbonyl (C=O) groups excluding carboxylic acids is 3. The van der Waals surface area contributed by atoms with Crippen LogP contribution in [0.15, 0.2) is 24.3 Å². The van der Waals surface area contributed by atoms with Gasteiger partial charge in [0, 0.05) is 12.2 Å². The molecule has 1 aromatic carbocycles. The van der Waals surface area contributed by atoms with Crippen LogP contribution in [0.2, 0.25) is 5.02 Å². The SMILES string of the molecule is CCCNC(=O)c1nc(C)ccc1C(=O)Nc1c(Cl)ccc(C)c1C(=O)OC. The highest BCUT2D eigenvalue weighted by molar-refractivity contribution is 6.35. The van der Waals surface area contributed by atoms with Crippen LogP contribution < -0.4 is 10.6 Å². The average molecular weight is 404 g/mol. The summed E-state index contributed by atoms with van der Waals surface area (Å²) >= 11 is 6.21. The Balaban J connectivity index is 2.46. The summed E-state index contributed by atoms with van der Waals surface area (Å²) in [5, 5.41) is 5.52. The summed E-state index contributed by atoms with van der Waals surface area (Å²) in [4.78, 5) is 41.7. The fourth-order valence-corrected chi connectivity index (χ4v) is 2.79. The minimum atomic E-state index is -0.627. The Kier molecular flexibility index (Phi) is 7.12. The maximum atomic E-state index is 12.9. The molecule has 0 bridgehead atoms. The second-order valence-corrected chi connectivity index (χ2v) is 6.57. The van der Waals surface area contributed by atoms with E-state index in [1.807, 2.05) is 6.92 Å². The van der Waals surface area contributed by atoms with Gasteiger partial charge in [0.1, 0.15) is 5.69 Å². The highest BCUT2D eigenvalue weighted by atomic mass is 35.5. The second-order valence-electron chi connectivity index (χ2n) is 6.16. The zero-order valence-corrected chi connectivity index (χ0v) is 16.9. The zero-order chi connectivity index (χ0) is 20.8. The zero-order valence-electron chi connectivity index (χ0n) is 16.2. The highest BCUT2D eigenvalue weighted by Gasteiger charge is 2.23. The van der Waals surface area contributed by atoms with Crippen LogP contribution in [0.3, 0.4) is 0 Å². The number of nitrogens with zero attached hydrogens (tertiary/aromatic N) is 1. The van der Waals surface area contributed by atoms with Gasteiger partial charge in [0.25, 0.3) is 11.8 Å². The quantitative estimate of drug-likeness (QED) is 0.719. The second kappa shape index (κ2) is 9.32. The van der Waals surface area contributed by atoms with E-state index in [4.69, 9.17) is 16.3 Å². The molecule has 0 unspecified atom stereocenters. The van der Waals surface area contributed by atoms with E-state index in [0.29, 0.717) is 17.8 Å². The van der Waals surface area contributed by atoms with Crippen LogP contribution in [-0.4, -0.2) is 36.4 Å². The van der Waals surface area contributed by atoms with Crippen molar-refractivity contribution in [1.29, 1.82) is 0 Å². The van der Waals surface area contributed by atoms with E-state index in [2.05, 4.69) is 15.6 Å². The van der Waals surface area contributed by atoms with Gasteiger partial charge in [-0.1, -0.05) is 24.6 Å². The average Bonchev–Trinajstić information content (AvgIpc) is 2.68. The lowest BCUT2D eigenvalue weighted by Gasteiger charge is -2.15. The van der Waals surface area contributed by atoms with Crippen LogP contribution in [0.4, 0.5) is 5.69 Å². The van der Waals surface area contributed by atoms with Gasteiger partial charge in [0.15, 0.2) is 0 Å². The fraction of sp³-hybridized carbons (Fsp3) is 0.300. The lowest BCUT2D eigenvalue weighted by atomic mass is 10.1. The van der Waals surface area contributed by atoms with Crippen molar-refractivity contribution in [3.05, 3.63) is 57.4 Å². The Morgan fingerprint density at radius 2 is 1.82 bits per heavy atom. The van der Waals surface area contributed by atoms with Gasteiger partial charge in [-0.25, -0.2) is 9.78 Å². The molecule has 0 aliphatic heterocycles. The first-order chi connectivity index (χ1) is 13.3. The van der Waals surface area contributed by atoms with Gasteiger partial charge in [0.05, 0.1) is 28.9 Å². The van der Waals surface area contributed by atoms with E-state index in [-0.39, 0.29) is 27.5 Å². The third-order valence-electron chi connectivity index (χ3n) is 4.02. The molecule has 2 amide bonds. The number of aromatic nitrogens is 1. The number of carbonyl (C=O) groups is 3. The van der Waals surface area contributed by atoms with Gasteiger partial charge >= 0.3 is 5.97 Å². The number of amides is 2. The number of halogens is 1. The van der Waals surface area contributed by atoms with Gasteiger partial charge in [-0.15, -0.1) is 0 Å². The van der Waals surface area contributed by atoms with E-state index < -0.39 is 17.8 Å². The van der Waals surface area contributed by atoms with Crippen LogP contribution in [0.1, 0.15) is 55.8 Å². The number of benzene rings is 1. The van der Waals surface area contributed by atoms with E-state index in [1.165, 1.54) is 13.2 Å². The first-order valence-corrected chi connectivity index (χ1v) is 9.12. The minimum absolute atomic E-state index is 0.00865. The number of pyridine rings is 1. The van der Waals surface area contributed by atoms with Gasteiger partial charge in [-0.3, -0.25) is 9.59 Å². The molecule has 2 N–H and O–H groups in total. The maximum absolute atomic E-state index is 12.9. The van der Waals surface area contributed by atoms with Crippen molar-refractivity contribution in [2.45, 2.75) is 27.2 Å². The number of hydrogen-bond acceptors (Lipinski definition) is 5. The predicted octanol–water partition coefficient (Wildman–Crippen LogP) is 3.53. The Bertz CT molecular complexity index is 928. The summed E-state index contributed by atoms with van der Waals surface area (Å²) in [6, 6.07) is 6.37. The van der Waals surface area contributed by atoms with Gasteiger partial charge in [0.2, 0.25) is 0 Å². The van der Waals surface area contributed by atoms with Crippen molar-refractivity contribution < 1.29 is 19.1 Å². The van der Waals surface area contributed by atoms with Crippen LogP contribution in [0.25, 0.3) is 0 Å². The Morgan fingerprint density at radius 1 is 1.11 bits per heavy atom. The van der Waals surface area contributed by atoms with Crippen LogP contribution >= 0.6 is 11.6 Å². The summed E-state index contributed by atoms with van der Waals surface area (Å²) in [7, 11) is 1.24. The topological polar surface area (TPSA) is 97.4 Å². The molecule has 1 heterocycles. The summed E-state index contributed by atoms with van der Waals surface area (Å²) in [5.74, 6) is -1.68. The molecule has 148 valence electrons. The molecule has 0 aliphatic rings. The molecule has 1 aromatic heterocycles. The number of methoxy groups -OCH3 is 1. The van der Waals surface area contributed by atoms with Crippen molar-refractivity contribution >= 4 is 35.1 Å². The van der Waals surface area contributed by atoms with Crippen molar-refractivity contribution in [2.75, 3.05) is 19.0 Å². The number of anilines is 1. The summed E-state index contributed by atoms with van der Waals surface area (Å²) < 4.78 is 4.80. The number of rotatable bonds is 6. The molecular formula is C20H22ClN3O4. The number of nitrogens with one attached hydrogen (secondary N) is 2. The number of aryl methyl sites for hydroxylation is 2. The first kappa shape index (κ1) is 21.4. The van der Waals surface area contributed by atoms with E-state index in [0.717, 1.165) is 6.42 Å². The number of esters is 1.